The highest BCUT2D eigenvalue weighted by atomic mass is 32.1. The number of benzene rings is 1. The van der Waals surface area contributed by atoms with Gasteiger partial charge in [-0.05, 0) is 0 Å². The second-order valence-corrected chi connectivity index (χ2v) is 3.11. The summed E-state index contributed by atoms with van der Waals surface area (Å²) in [6.07, 6.45) is 1.76. The first-order valence-corrected chi connectivity index (χ1v) is 4.75. The number of hydrogen-bond donors (Lipinski definition) is 1. The van der Waals surface area contributed by atoms with Crippen LogP contribution >= 0.6 is 12.2 Å². The molecule has 1 aromatic heterocycles. The topological polar surface area (TPSA) is 37.8 Å². The van der Waals surface area contributed by atoms with E-state index in [1.165, 1.54) is 5.49 Å². The molecule has 2 aromatic rings. The van der Waals surface area contributed by atoms with E-state index in [0.717, 1.165) is 16.5 Å². The summed E-state index contributed by atoms with van der Waals surface area (Å²) in [4.78, 5) is 0. The van der Waals surface area contributed by atoms with Crippen molar-refractivity contribution in [3.8, 4) is 0 Å². The van der Waals surface area contributed by atoms with Crippen molar-refractivity contribution in [2.45, 2.75) is 6.54 Å². The molecule has 2 rings (SSSR count). The van der Waals surface area contributed by atoms with Crippen LogP contribution in [0.4, 0.5) is 0 Å². The third-order valence-corrected chi connectivity index (χ3v) is 2.17. The van der Waals surface area contributed by atoms with Gasteiger partial charge in [0.25, 0.3) is 0 Å². The Kier molecular flexibility index (Phi) is 2.65. The van der Waals surface area contributed by atoms with Crippen LogP contribution in [0.1, 0.15) is 5.69 Å². The number of nitrogens with one attached hydrogen (secondary N) is 1. The van der Waals surface area contributed by atoms with Crippen LogP contribution in [0.3, 0.4) is 0 Å². The van der Waals surface area contributed by atoms with Gasteiger partial charge in [-0.1, -0.05) is 36.5 Å². The molecule has 0 aliphatic heterocycles. The summed E-state index contributed by atoms with van der Waals surface area (Å²) in [5.74, 6) is 0. The third-order valence-electron chi connectivity index (χ3n) is 2.00. The van der Waals surface area contributed by atoms with Gasteiger partial charge in [0.15, 0.2) is 0 Å². The number of aromatic nitrogens is 2. The average molecular weight is 203 g/mol. The Morgan fingerprint density at radius 3 is 3.07 bits per heavy atom. The zero-order chi connectivity index (χ0) is 9.80. The van der Waals surface area contributed by atoms with E-state index in [4.69, 9.17) is 0 Å². The molecule has 0 aliphatic rings. The van der Waals surface area contributed by atoms with Crippen molar-refractivity contribution in [3.63, 3.8) is 0 Å². The molecule has 3 nitrogen and oxygen atoms in total. The lowest BCUT2D eigenvalue weighted by atomic mass is 10.1. The van der Waals surface area contributed by atoms with Gasteiger partial charge in [0.2, 0.25) is 0 Å². The van der Waals surface area contributed by atoms with Crippen LogP contribution in [-0.4, -0.2) is 15.7 Å². The van der Waals surface area contributed by atoms with Crippen LogP contribution in [0.15, 0.2) is 30.5 Å². The molecule has 0 bridgehead atoms. The lowest BCUT2D eigenvalue weighted by Crippen LogP contribution is -2.10. The standard InChI is InChI=1S/C10H9N3S/c14-7-11-6-10-9-4-2-1-3-8(9)5-12-13-10/h1-5,7H,6H2,(H,11,14). The molecule has 0 radical (unpaired) electrons. The van der Waals surface area contributed by atoms with E-state index in [1.807, 2.05) is 24.3 Å². The van der Waals surface area contributed by atoms with Crippen molar-refractivity contribution in [2.75, 3.05) is 0 Å². The van der Waals surface area contributed by atoms with Crippen molar-refractivity contribution in [3.05, 3.63) is 36.2 Å². The van der Waals surface area contributed by atoms with Gasteiger partial charge in [-0.15, -0.1) is 0 Å². The summed E-state index contributed by atoms with van der Waals surface area (Å²) < 4.78 is 0. The highest BCUT2D eigenvalue weighted by molar-refractivity contribution is 7.78. The summed E-state index contributed by atoms with van der Waals surface area (Å²) in [5.41, 5.74) is 2.41. The first kappa shape index (κ1) is 9.02. The highest BCUT2D eigenvalue weighted by Crippen LogP contribution is 2.14. The second kappa shape index (κ2) is 4.11. The van der Waals surface area contributed by atoms with E-state index in [-0.39, 0.29) is 0 Å². The molecule has 1 heterocycles. The highest BCUT2D eigenvalue weighted by Gasteiger charge is 2.00. The van der Waals surface area contributed by atoms with Gasteiger partial charge in [-0.25, -0.2) is 0 Å². The molecule has 0 aliphatic carbocycles. The van der Waals surface area contributed by atoms with E-state index in [2.05, 4.69) is 27.7 Å². The molecular formula is C10H9N3S. The summed E-state index contributed by atoms with van der Waals surface area (Å²) >= 11 is 4.69. The fourth-order valence-corrected chi connectivity index (χ4v) is 1.44. The van der Waals surface area contributed by atoms with Gasteiger partial charge in [-0.3, -0.25) is 0 Å². The van der Waals surface area contributed by atoms with Gasteiger partial charge in [0, 0.05) is 10.8 Å². The van der Waals surface area contributed by atoms with Crippen LogP contribution in [0, 0.1) is 0 Å². The number of nitrogens with zero attached hydrogens (tertiary/aromatic N) is 2. The zero-order valence-electron chi connectivity index (χ0n) is 7.47. The minimum atomic E-state index is 0.623. The molecule has 70 valence electrons. The van der Waals surface area contributed by atoms with E-state index in [0.29, 0.717) is 6.54 Å². The number of rotatable bonds is 3. The van der Waals surface area contributed by atoms with Gasteiger partial charge in [0.1, 0.15) is 0 Å². The lowest BCUT2D eigenvalue weighted by molar-refractivity contribution is 0.860. The molecular weight excluding hydrogens is 194 g/mol. The first-order chi connectivity index (χ1) is 6.92. The lowest BCUT2D eigenvalue weighted by Gasteiger charge is -2.03. The molecule has 0 atom stereocenters. The maximum Gasteiger partial charge on any atom is 0.0900 e. The molecule has 0 saturated heterocycles. The van der Waals surface area contributed by atoms with E-state index in [1.54, 1.807) is 6.20 Å². The van der Waals surface area contributed by atoms with Crippen LogP contribution in [0.2, 0.25) is 0 Å². The first-order valence-electron chi connectivity index (χ1n) is 4.28. The van der Waals surface area contributed by atoms with Gasteiger partial charge in [-0.2, -0.15) is 10.2 Å². The molecule has 0 amide bonds. The Bertz CT molecular complexity index is 451. The van der Waals surface area contributed by atoms with Crippen LogP contribution in [0.25, 0.3) is 10.8 Å². The average Bonchev–Trinajstić information content (AvgIpc) is 2.26. The fourth-order valence-electron chi connectivity index (χ4n) is 1.36. The van der Waals surface area contributed by atoms with E-state index >= 15 is 0 Å². The molecule has 0 spiro atoms. The van der Waals surface area contributed by atoms with Crippen molar-refractivity contribution < 1.29 is 0 Å². The van der Waals surface area contributed by atoms with Crippen molar-refractivity contribution in [1.29, 1.82) is 0 Å². The Morgan fingerprint density at radius 2 is 2.21 bits per heavy atom. The molecule has 0 fully saturated rings. The van der Waals surface area contributed by atoms with Gasteiger partial charge < -0.3 is 5.32 Å². The Labute approximate surface area is 87.2 Å². The predicted molar refractivity (Wildman–Crippen MR) is 60.0 cm³/mol. The van der Waals surface area contributed by atoms with Gasteiger partial charge in [0.05, 0.1) is 23.9 Å². The summed E-state index contributed by atoms with van der Waals surface area (Å²) in [6.45, 7) is 0.623. The Morgan fingerprint density at radius 1 is 1.36 bits per heavy atom. The monoisotopic (exact) mass is 203 g/mol. The maximum atomic E-state index is 4.69. The number of thiocarbonyl (C=S) groups is 1. The SMILES string of the molecule is S=CNCc1nncc2ccccc12. The molecule has 14 heavy (non-hydrogen) atoms. The van der Waals surface area contributed by atoms with Crippen LogP contribution in [0.5, 0.6) is 0 Å². The molecule has 4 heteroatoms. The number of fused-ring (bicyclic) bond motifs is 1. The van der Waals surface area contributed by atoms with E-state index in [9.17, 15) is 0 Å². The Hall–Kier alpha value is -1.55. The molecule has 1 aromatic carbocycles. The quantitative estimate of drug-likeness (QED) is 0.770. The third kappa shape index (κ3) is 1.70. The van der Waals surface area contributed by atoms with Crippen molar-refractivity contribution in [1.82, 2.24) is 15.5 Å². The van der Waals surface area contributed by atoms with Crippen LogP contribution in [-0.2, 0) is 6.54 Å². The summed E-state index contributed by atoms with van der Waals surface area (Å²) in [7, 11) is 0. The smallest absolute Gasteiger partial charge is 0.0900 e. The molecule has 0 saturated carbocycles. The van der Waals surface area contributed by atoms with Gasteiger partial charge >= 0.3 is 0 Å². The van der Waals surface area contributed by atoms with Crippen molar-refractivity contribution >= 4 is 28.5 Å². The number of hydrogen-bond acceptors (Lipinski definition) is 3. The Balaban J connectivity index is 2.48. The summed E-state index contributed by atoms with van der Waals surface area (Å²) in [6, 6.07) is 8.03. The fraction of sp³-hybridized carbons (Fsp3) is 0.100. The molecule has 1 N–H and O–H groups in total. The second-order valence-electron chi connectivity index (χ2n) is 2.88. The van der Waals surface area contributed by atoms with Crippen molar-refractivity contribution in [2.24, 2.45) is 0 Å². The largest absolute Gasteiger partial charge is 0.376 e. The normalized spacial score (nSPS) is 10.0. The van der Waals surface area contributed by atoms with Crippen LogP contribution < -0.4 is 5.32 Å². The minimum absolute atomic E-state index is 0.623. The maximum absolute atomic E-state index is 4.69. The zero-order valence-corrected chi connectivity index (χ0v) is 8.29. The molecule has 0 unspecified atom stereocenters. The predicted octanol–water partition coefficient (Wildman–Crippen LogP) is 1.68. The summed E-state index contributed by atoms with van der Waals surface area (Å²) in [5, 5.41) is 13.2. The van der Waals surface area contributed by atoms with E-state index < -0.39 is 0 Å². The minimum Gasteiger partial charge on any atom is -0.376 e.